The lowest BCUT2D eigenvalue weighted by Gasteiger charge is -1.97. The largest absolute Gasteiger partial charge is 0.508 e. The molecule has 3 heteroatoms. The van der Waals surface area contributed by atoms with Crippen LogP contribution in [0.25, 0.3) is 11.1 Å². The molecular weight excluding hydrogens is 196 g/mol. The number of carbonyl (C=O) groups excluding carboxylic acids is 1. The molecule has 1 N–H and O–H groups in total. The third-order valence-electron chi connectivity index (χ3n) is 1.92. The van der Waals surface area contributed by atoms with Gasteiger partial charge in [0.2, 0.25) is 0 Å². The fourth-order valence-corrected chi connectivity index (χ4v) is 1.97. The van der Waals surface area contributed by atoms with Gasteiger partial charge in [0.15, 0.2) is 6.29 Å². The Morgan fingerprint density at radius 2 is 2.07 bits per heavy atom. The Morgan fingerprint density at radius 1 is 1.21 bits per heavy atom. The topological polar surface area (TPSA) is 37.3 Å². The van der Waals surface area contributed by atoms with Crippen molar-refractivity contribution >= 4 is 17.6 Å². The minimum absolute atomic E-state index is 0.237. The molecule has 2 rings (SSSR count). The van der Waals surface area contributed by atoms with E-state index in [-0.39, 0.29) is 5.75 Å². The molecule has 0 radical (unpaired) electrons. The summed E-state index contributed by atoms with van der Waals surface area (Å²) in [5.41, 5.74) is 1.89. The molecule has 0 atom stereocenters. The summed E-state index contributed by atoms with van der Waals surface area (Å²) in [6.45, 7) is 0. The number of benzene rings is 1. The molecule has 0 amide bonds. The first kappa shape index (κ1) is 8.97. The molecule has 0 fully saturated rings. The van der Waals surface area contributed by atoms with Crippen molar-refractivity contribution < 1.29 is 9.90 Å². The van der Waals surface area contributed by atoms with Crippen LogP contribution >= 0.6 is 11.3 Å². The Labute approximate surface area is 85.4 Å². The maximum Gasteiger partial charge on any atom is 0.160 e. The Morgan fingerprint density at radius 3 is 2.71 bits per heavy atom. The van der Waals surface area contributed by atoms with E-state index in [9.17, 15) is 9.90 Å². The average molecular weight is 204 g/mol. The highest BCUT2D eigenvalue weighted by atomic mass is 32.1. The SMILES string of the molecule is O=Cc1cc(-c2cccc(O)c2)cs1. The molecule has 1 aromatic carbocycles. The van der Waals surface area contributed by atoms with Gasteiger partial charge in [-0.05, 0) is 34.7 Å². The van der Waals surface area contributed by atoms with Crippen molar-refractivity contribution in [1.82, 2.24) is 0 Å². The van der Waals surface area contributed by atoms with Crippen LogP contribution in [0.5, 0.6) is 5.75 Å². The summed E-state index contributed by atoms with van der Waals surface area (Å²) in [5, 5.41) is 11.2. The lowest BCUT2D eigenvalue weighted by molar-refractivity contribution is 0.112. The molecule has 0 aliphatic heterocycles. The number of aromatic hydroxyl groups is 1. The summed E-state index contributed by atoms with van der Waals surface area (Å²) in [7, 11) is 0. The van der Waals surface area contributed by atoms with Crippen LogP contribution in [-0.2, 0) is 0 Å². The number of hydrogen-bond acceptors (Lipinski definition) is 3. The van der Waals surface area contributed by atoms with Crippen molar-refractivity contribution in [2.24, 2.45) is 0 Å². The van der Waals surface area contributed by atoms with E-state index < -0.39 is 0 Å². The van der Waals surface area contributed by atoms with E-state index in [1.54, 1.807) is 18.2 Å². The van der Waals surface area contributed by atoms with Gasteiger partial charge in [-0.25, -0.2) is 0 Å². The maximum absolute atomic E-state index is 10.5. The minimum Gasteiger partial charge on any atom is -0.508 e. The zero-order valence-electron chi connectivity index (χ0n) is 7.31. The third-order valence-corrected chi connectivity index (χ3v) is 2.77. The van der Waals surface area contributed by atoms with E-state index in [1.807, 2.05) is 17.5 Å². The molecule has 0 aliphatic rings. The molecule has 2 nitrogen and oxygen atoms in total. The van der Waals surface area contributed by atoms with Crippen LogP contribution in [0.3, 0.4) is 0 Å². The smallest absolute Gasteiger partial charge is 0.160 e. The van der Waals surface area contributed by atoms with Crippen LogP contribution < -0.4 is 0 Å². The number of phenolic OH excluding ortho intramolecular Hbond substituents is 1. The normalized spacial score (nSPS) is 10.0. The molecule has 0 bridgehead atoms. The van der Waals surface area contributed by atoms with E-state index >= 15 is 0 Å². The fourth-order valence-electron chi connectivity index (χ4n) is 1.25. The molecule has 0 unspecified atom stereocenters. The van der Waals surface area contributed by atoms with Crippen molar-refractivity contribution in [2.45, 2.75) is 0 Å². The van der Waals surface area contributed by atoms with Crippen LogP contribution in [0.1, 0.15) is 9.67 Å². The van der Waals surface area contributed by atoms with Gasteiger partial charge in [0.25, 0.3) is 0 Å². The number of thiophene rings is 1. The second-order valence-corrected chi connectivity index (χ2v) is 3.85. The standard InChI is InChI=1S/C11H8O2S/c12-6-11-5-9(7-14-11)8-2-1-3-10(13)4-8/h1-7,13H. The predicted molar refractivity (Wildman–Crippen MR) is 56.8 cm³/mol. The van der Waals surface area contributed by atoms with Gasteiger partial charge in [-0.2, -0.15) is 0 Å². The van der Waals surface area contributed by atoms with Gasteiger partial charge < -0.3 is 5.11 Å². The summed E-state index contributed by atoms with van der Waals surface area (Å²) in [6, 6.07) is 8.79. The molecule has 14 heavy (non-hydrogen) atoms. The summed E-state index contributed by atoms with van der Waals surface area (Å²) >= 11 is 1.40. The molecule has 0 spiro atoms. The van der Waals surface area contributed by atoms with E-state index in [2.05, 4.69) is 0 Å². The first-order valence-electron chi connectivity index (χ1n) is 4.13. The van der Waals surface area contributed by atoms with Crippen molar-refractivity contribution in [2.75, 3.05) is 0 Å². The number of hydrogen-bond donors (Lipinski definition) is 1. The summed E-state index contributed by atoms with van der Waals surface area (Å²) in [4.78, 5) is 11.2. The van der Waals surface area contributed by atoms with Gasteiger partial charge in [-0.1, -0.05) is 12.1 Å². The zero-order valence-corrected chi connectivity index (χ0v) is 8.12. The van der Waals surface area contributed by atoms with E-state index in [4.69, 9.17) is 0 Å². The number of carbonyl (C=O) groups is 1. The second kappa shape index (κ2) is 3.64. The fraction of sp³-hybridized carbons (Fsp3) is 0. The zero-order chi connectivity index (χ0) is 9.97. The molecule has 70 valence electrons. The number of phenols is 1. The molecule has 0 aliphatic carbocycles. The van der Waals surface area contributed by atoms with E-state index in [0.29, 0.717) is 4.88 Å². The molecule has 2 aromatic rings. The summed E-state index contributed by atoms with van der Waals surface area (Å²) < 4.78 is 0. The average Bonchev–Trinajstić information content (AvgIpc) is 2.66. The Kier molecular flexibility index (Phi) is 2.33. The van der Waals surface area contributed by atoms with Crippen LogP contribution in [0.4, 0.5) is 0 Å². The van der Waals surface area contributed by atoms with Crippen LogP contribution in [0.15, 0.2) is 35.7 Å². The van der Waals surface area contributed by atoms with Gasteiger partial charge in [0, 0.05) is 0 Å². The first-order chi connectivity index (χ1) is 6.79. The molecule has 0 saturated heterocycles. The van der Waals surface area contributed by atoms with Crippen LogP contribution in [0, 0.1) is 0 Å². The Balaban J connectivity index is 2.43. The van der Waals surface area contributed by atoms with Gasteiger partial charge in [-0.3, -0.25) is 4.79 Å². The number of rotatable bonds is 2. The van der Waals surface area contributed by atoms with Crippen molar-refractivity contribution in [3.63, 3.8) is 0 Å². The highest BCUT2D eigenvalue weighted by molar-refractivity contribution is 7.12. The summed E-state index contributed by atoms with van der Waals surface area (Å²) in [6.07, 6.45) is 0.830. The third kappa shape index (κ3) is 1.67. The minimum atomic E-state index is 0.237. The van der Waals surface area contributed by atoms with Gasteiger partial charge in [0.1, 0.15) is 5.75 Å². The summed E-state index contributed by atoms with van der Waals surface area (Å²) in [5.74, 6) is 0.237. The lowest BCUT2D eigenvalue weighted by atomic mass is 10.1. The highest BCUT2D eigenvalue weighted by Crippen LogP contribution is 2.26. The van der Waals surface area contributed by atoms with Crippen LogP contribution in [0.2, 0.25) is 0 Å². The lowest BCUT2D eigenvalue weighted by Crippen LogP contribution is -1.73. The van der Waals surface area contributed by atoms with Crippen LogP contribution in [-0.4, -0.2) is 11.4 Å². The van der Waals surface area contributed by atoms with Crippen molar-refractivity contribution in [3.05, 3.63) is 40.6 Å². The van der Waals surface area contributed by atoms with E-state index in [1.165, 1.54) is 11.3 Å². The molecule has 0 saturated carbocycles. The van der Waals surface area contributed by atoms with Gasteiger partial charge in [-0.15, -0.1) is 11.3 Å². The molecular formula is C11H8O2S. The molecule has 1 aromatic heterocycles. The number of aldehydes is 1. The second-order valence-electron chi connectivity index (χ2n) is 2.91. The predicted octanol–water partition coefficient (Wildman–Crippen LogP) is 2.93. The first-order valence-corrected chi connectivity index (χ1v) is 5.00. The quantitative estimate of drug-likeness (QED) is 0.763. The van der Waals surface area contributed by atoms with E-state index in [0.717, 1.165) is 17.4 Å². The maximum atomic E-state index is 10.5. The Hall–Kier alpha value is -1.61. The van der Waals surface area contributed by atoms with Gasteiger partial charge in [0.05, 0.1) is 4.88 Å². The van der Waals surface area contributed by atoms with Crippen molar-refractivity contribution in [1.29, 1.82) is 0 Å². The monoisotopic (exact) mass is 204 g/mol. The molecule has 1 heterocycles. The Bertz CT molecular complexity index is 460. The van der Waals surface area contributed by atoms with Gasteiger partial charge >= 0.3 is 0 Å². The highest BCUT2D eigenvalue weighted by Gasteiger charge is 2.01. The van der Waals surface area contributed by atoms with Crippen molar-refractivity contribution in [3.8, 4) is 16.9 Å².